The van der Waals surface area contributed by atoms with Crippen molar-refractivity contribution in [2.24, 2.45) is 0 Å². The maximum absolute atomic E-state index is 13.7. The molecule has 6 heteroatoms. The Morgan fingerprint density at radius 1 is 1.44 bits per heavy atom. The fraction of sp³-hybridized carbons (Fsp3) is 0.250. The third kappa shape index (κ3) is 1.61. The number of carbonyl (C=O) groups is 2. The van der Waals surface area contributed by atoms with Crippen molar-refractivity contribution in [3.8, 4) is 6.07 Å². The highest BCUT2D eigenvalue weighted by Gasteiger charge is 2.49. The summed E-state index contributed by atoms with van der Waals surface area (Å²) < 4.78 is 13.7. The van der Waals surface area contributed by atoms with Gasteiger partial charge in [0.25, 0.3) is 5.91 Å². The van der Waals surface area contributed by atoms with Gasteiger partial charge in [-0.1, -0.05) is 18.2 Å². The fourth-order valence-corrected chi connectivity index (χ4v) is 1.96. The Kier molecular flexibility index (Phi) is 2.75. The zero-order valence-corrected chi connectivity index (χ0v) is 9.61. The van der Waals surface area contributed by atoms with Crippen LogP contribution in [0.5, 0.6) is 0 Å². The second-order valence-corrected chi connectivity index (χ2v) is 4.08. The largest absolute Gasteiger partial charge is 0.326 e. The SMILES string of the molecule is C[C@]1(c2ccccc2F)NC(=O)N(CC#N)C1=O. The molecule has 2 rings (SSSR count). The summed E-state index contributed by atoms with van der Waals surface area (Å²) in [5.74, 6) is -1.20. The average molecular weight is 247 g/mol. The van der Waals surface area contributed by atoms with Crippen LogP contribution in [0.25, 0.3) is 0 Å². The summed E-state index contributed by atoms with van der Waals surface area (Å²) in [7, 11) is 0. The molecule has 1 aliphatic rings. The molecule has 1 N–H and O–H groups in total. The molecule has 0 unspecified atom stereocenters. The zero-order valence-electron chi connectivity index (χ0n) is 9.61. The number of nitriles is 1. The first kappa shape index (κ1) is 12.0. The first-order valence-electron chi connectivity index (χ1n) is 5.27. The first-order valence-corrected chi connectivity index (χ1v) is 5.27. The number of imide groups is 1. The molecule has 1 heterocycles. The van der Waals surface area contributed by atoms with Crippen molar-refractivity contribution in [2.45, 2.75) is 12.5 Å². The summed E-state index contributed by atoms with van der Waals surface area (Å²) in [5, 5.41) is 11.0. The number of amides is 3. The molecule has 1 saturated heterocycles. The van der Waals surface area contributed by atoms with Crippen LogP contribution in [0.3, 0.4) is 0 Å². The van der Waals surface area contributed by atoms with Crippen LogP contribution in [-0.2, 0) is 10.3 Å². The van der Waals surface area contributed by atoms with E-state index in [4.69, 9.17) is 5.26 Å². The lowest BCUT2D eigenvalue weighted by Gasteiger charge is -2.22. The molecule has 0 bridgehead atoms. The van der Waals surface area contributed by atoms with Crippen LogP contribution in [0.2, 0.25) is 0 Å². The monoisotopic (exact) mass is 247 g/mol. The minimum Gasteiger partial charge on any atom is -0.319 e. The van der Waals surface area contributed by atoms with Crippen LogP contribution in [0.4, 0.5) is 9.18 Å². The van der Waals surface area contributed by atoms with Crippen LogP contribution in [0.15, 0.2) is 24.3 Å². The van der Waals surface area contributed by atoms with E-state index in [0.717, 1.165) is 4.90 Å². The molecule has 1 aliphatic heterocycles. The molecular formula is C12H10FN3O2. The third-order valence-electron chi connectivity index (χ3n) is 2.92. The van der Waals surface area contributed by atoms with E-state index in [9.17, 15) is 14.0 Å². The number of nitrogens with zero attached hydrogens (tertiary/aromatic N) is 2. The molecule has 0 saturated carbocycles. The number of urea groups is 1. The third-order valence-corrected chi connectivity index (χ3v) is 2.92. The van der Waals surface area contributed by atoms with Gasteiger partial charge in [0.05, 0.1) is 6.07 Å². The first-order chi connectivity index (χ1) is 8.50. The van der Waals surface area contributed by atoms with Gasteiger partial charge in [-0.15, -0.1) is 0 Å². The molecule has 0 spiro atoms. The van der Waals surface area contributed by atoms with Crippen LogP contribution in [-0.4, -0.2) is 23.4 Å². The molecule has 5 nitrogen and oxygen atoms in total. The molecule has 1 atom stereocenters. The smallest absolute Gasteiger partial charge is 0.319 e. The number of halogens is 1. The summed E-state index contributed by atoms with van der Waals surface area (Å²) in [6.45, 7) is 1.07. The Morgan fingerprint density at radius 2 is 2.11 bits per heavy atom. The number of carbonyl (C=O) groups excluding carboxylic acids is 2. The van der Waals surface area contributed by atoms with Gasteiger partial charge in [0, 0.05) is 5.56 Å². The van der Waals surface area contributed by atoms with Crippen molar-refractivity contribution >= 4 is 11.9 Å². The van der Waals surface area contributed by atoms with E-state index >= 15 is 0 Å². The van der Waals surface area contributed by atoms with Gasteiger partial charge < -0.3 is 5.32 Å². The fourth-order valence-electron chi connectivity index (χ4n) is 1.96. The van der Waals surface area contributed by atoms with Gasteiger partial charge in [0.1, 0.15) is 17.9 Å². The van der Waals surface area contributed by atoms with Gasteiger partial charge >= 0.3 is 6.03 Å². The molecule has 18 heavy (non-hydrogen) atoms. The molecule has 1 aromatic rings. The van der Waals surface area contributed by atoms with Gasteiger partial charge in [-0.05, 0) is 13.0 Å². The minimum absolute atomic E-state index is 0.0868. The lowest BCUT2D eigenvalue weighted by molar-refractivity contribution is -0.130. The van der Waals surface area contributed by atoms with Crippen LogP contribution >= 0.6 is 0 Å². The number of hydrogen-bond acceptors (Lipinski definition) is 3. The Labute approximate surface area is 103 Å². The summed E-state index contributed by atoms with van der Waals surface area (Å²) in [6.07, 6.45) is 0. The van der Waals surface area contributed by atoms with Crippen molar-refractivity contribution < 1.29 is 14.0 Å². The van der Waals surface area contributed by atoms with Crippen molar-refractivity contribution in [3.63, 3.8) is 0 Å². The predicted octanol–water partition coefficient (Wildman–Crippen LogP) is 1.12. The van der Waals surface area contributed by atoms with Gasteiger partial charge in [-0.25, -0.2) is 14.1 Å². The Balaban J connectivity index is 2.46. The Bertz CT molecular complexity index is 567. The van der Waals surface area contributed by atoms with Crippen molar-refractivity contribution in [1.82, 2.24) is 10.2 Å². The maximum Gasteiger partial charge on any atom is 0.326 e. The molecular weight excluding hydrogens is 237 g/mol. The number of nitrogens with one attached hydrogen (secondary N) is 1. The molecule has 0 radical (unpaired) electrons. The summed E-state index contributed by atoms with van der Waals surface area (Å²) >= 11 is 0. The van der Waals surface area contributed by atoms with E-state index in [1.54, 1.807) is 12.1 Å². The van der Waals surface area contributed by atoms with E-state index in [2.05, 4.69) is 5.32 Å². The molecule has 1 fully saturated rings. The van der Waals surface area contributed by atoms with Gasteiger partial charge in [0.15, 0.2) is 0 Å². The topological polar surface area (TPSA) is 73.2 Å². The standard InChI is InChI=1S/C12H10FN3O2/c1-12(8-4-2-3-5-9(8)13)10(17)16(7-6-14)11(18)15-12/h2-5H,7H2,1H3,(H,15,18)/t12-/m1/s1. The number of hydrogen-bond donors (Lipinski definition) is 1. The van der Waals surface area contributed by atoms with E-state index in [1.165, 1.54) is 25.1 Å². The molecule has 3 amide bonds. The van der Waals surface area contributed by atoms with Crippen molar-refractivity contribution in [3.05, 3.63) is 35.6 Å². The van der Waals surface area contributed by atoms with Crippen LogP contribution < -0.4 is 5.32 Å². The predicted molar refractivity (Wildman–Crippen MR) is 59.6 cm³/mol. The van der Waals surface area contributed by atoms with E-state index in [1.807, 2.05) is 0 Å². The average Bonchev–Trinajstić information content (AvgIpc) is 2.55. The molecule has 92 valence electrons. The molecule has 0 aromatic heterocycles. The van der Waals surface area contributed by atoms with E-state index in [-0.39, 0.29) is 12.1 Å². The zero-order chi connectivity index (χ0) is 13.3. The highest BCUT2D eigenvalue weighted by molar-refractivity contribution is 6.07. The minimum atomic E-state index is -1.46. The summed E-state index contributed by atoms with van der Waals surface area (Å²) in [4.78, 5) is 24.5. The van der Waals surface area contributed by atoms with Crippen molar-refractivity contribution in [1.29, 1.82) is 5.26 Å². The van der Waals surface area contributed by atoms with Crippen LogP contribution in [0.1, 0.15) is 12.5 Å². The van der Waals surface area contributed by atoms with Crippen molar-refractivity contribution in [2.75, 3.05) is 6.54 Å². The lowest BCUT2D eigenvalue weighted by atomic mass is 9.91. The Morgan fingerprint density at radius 3 is 2.72 bits per heavy atom. The molecule has 1 aromatic carbocycles. The normalized spacial score (nSPS) is 22.8. The van der Waals surface area contributed by atoms with Gasteiger partial charge in [-0.3, -0.25) is 4.79 Å². The lowest BCUT2D eigenvalue weighted by Crippen LogP contribution is -2.41. The highest BCUT2D eigenvalue weighted by atomic mass is 19.1. The quantitative estimate of drug-likeness (QED) is 0.628. The van der Waals surface area contributed by atoms with E-state index in [0.29, 0.717) is 0 Å². The maximum atomic E-state index is 13.7. The molecule has 0 aliphatic carbocycles. The second-order valence-electron chi connectivity index (χ2n) is 4.08. The summed E-state index contributed by atoms with van der Waals surface area (Å²) in [6, 6.07) is 6.76. The highest BCUT2D eigenvalue weighted by Crippen LogP contribution is 2.30. The summed E-state index contributed by atoms with van der Waals surface area (Å²) in [5.41, 5.74) is -1.37. The van der Waals surface area contributed by atoms with Gasteiger partial charge in [0.2, 0.25) is 0 Å². The Hall–Kier alpha value is -2.42. The van der Waals surface area contributed by atoms with Gasteiger partial charge in [-0.2, -0.15) is 5.26 Å². The van der Waals surface area contributed by atoms with Crippen LogP contribution in [0, 0.1) is 17.1 Å². The van der Waals surface area contributed by atoms with E-state index < -0.39 is 23.3 Å². The second kappa shape index (κ2) is 4.11. The number of benzene rings is 1. The number of rotatable bonds is 2.